The van der Waals surface area contributed by atoms with Gasteiger partial charge in [-0.25, -0.2) is 0 Å². The molecule has 0 fully saturated rings. The lowest BCUT2D eigenvalue weighted by Crippen LogP contribution is -2.24. The lowest BCUT2D eigenvalue weighted by atomic mass is 10.1. The topological polar surface area (TPSA) is 29.1 Å². The maximum Gasteiger partial charge on any atom is 0.261 e. The Balaban J connectivity index is 1.81. The van der Waals surface area contributed by atoms with Crippen molar-refractivity contribution in [2.24, 2.45) is 0 Å². The first-order chi connectivity index (χ1) is 8.25. The molecule has 0 radical (unpaired) electrons. The Morgan fingerprint density at radius 3 is 2.59 bits per heavy atom. The van der Waals surface area contributed by atoms with E-state index in [9.17, 15) is 4.79 Å². The number of rotatable bonds is 4. The molecule has 2 aromatic rings. The average molecular weight is 245 g/mol. The minimum absolute atomic E-state index is 0.0269. The summed E-state index contributed by atoms with van der Waals surface area (Å²) in [4.78, 5) is 13.7. The van der Waals surface area contributed by atoms with Crippen molar-refractivity contribution in [2.45, 2.75) is 13.3 Å². The van der Waals surface area contributed by atoms with E-state index in [-0.39, 0.29) is 5.91 Å². The zero-order chi connectivity index (χ0) is 12.1. The molecule has 3 heteroatoms. The molecule has 2 nitrogen and oxygen atoms in total. The van der Waals surface area contributed by atoms with Crippen molar-refractivity contribution in [1.29, 1.82) is 0 Å². The van der Waals surface area contributed by atoms with E-state index in [0.717, 1.165) is 11.3 Å². The van der Waals surface area contributed by atoms with Crippen LogP contribution < -0.4 is 5.32 Å². The molecular weight excluding hydrogens is 230 g/mol. The molecule has 1 heterocycles. The summed E-state index contributed by atoms with van der Waals surface area (Å²) in [5, 5.41) is 2.93. The van der Waals surface area contributed by atoms with Crippen LogP contribution in [0.15, 0.2) is 42.5 Å². The highest BCUT2D eigenvalue weighted by Gasteiger charge is 2.06. The summed E-state index contributed by atoms with van der Waals surface area (Å²) in [6, 6.07) is 14.0. The number of carbonyl (C=O) groups is 1. The van der Waals surface area contributed by atoms with Crippen molar-refractivity contribution in [3.8, 4) is 0 Å². The lowest BCUT2D eigenvalue weighted by Gasteiger charge is -2.03. The quantitative estimate of drug-likeness (QED) is 0.881. The third kappa shape index (κ3) is 3.43. The van der Waals surface area contributed by atoms with Crippen molar-refractivity contribution in [3.05, 3.63) is 57.8 Å². The Bertz CT molecular complexity index is 490. The largest absolute Gasteiger partial charge is 0.351 e. The van der Waals surface area contributed by atoms with Gasteiger partial charge in [0.15, 0.2) is 0 Å². The Labute approximate surface area is 105 Å². The minimum atomic E-state index is 0.0269. The second-order valence-electron chi connectivity index (χ2n) is 3.90. The molecule has 0 aliphatic carbocycles. The van der Waals surface area contributed by atoms with E-state index in [4.69, 9.17) is 0 Å². The van der Waals surface area contributed by atoms with E-state index in [1.165, 1.54) is 21.8 Å². The number of carbonyl (C=O) groups excluding carboxylic acids is 1. The van der Waals surface area contributed by atoms with Gasteiger partial charge in [-0.15, -0.1) is 11.3 Å². The molecule has 2 rings (SSSR count). The van der Waals surface area contributed by atoms with Gasteiger partial charge in [0.2, 0.25) is 0 Å². The standard InChI is InChI=1S/C14H15NOS/c1-11-7-8-13(17-11)14(16)15-10-9-12-5-3-2-4-6-12/h2-8H,9-10H2,1H3,(H,15,16). The van der Waals surface area contributed by atoms with Gasteiger partial charge >= 0.3 is 0 Å². The highest BCUT2D eigenvalue weighted by atomic mass is 32.1. The summed E-state index contributed by atoms with van der Waals surface area (Å²) in [5.41, 5.74) is 1.25. The molecule has 1 aromatic heterocycles. The number of thiophene rings is 1. The van der Waals surface area contributed by atoms with Crippen LogP contribution >= 0.6 is 11.3 Å². The predicted molar refractivity (Wildman–Crippen MR) is 71.5 cm³/mol. The van der Waals surface area contributed by atoms with Crippen LogP contribution in [0, 0.1) is 6.92 Å². The number of nitrogens with one attached hydrogen (secondary N) is 1. The van der Waals surface area contributed by atoms with Crippen molar-refractivity contribution < 1.29 is 4.79 Å². The van der Waals surface area contributed by atoms with E-state index in [0.29, 0.717) is 6.54 Å². The lowest BCUT2D eigenvalue weighted by molar-refractivity contribution is 0.0958. The van der Waals surface area contributed by atoms with E-state index >= 15 is 0 Å². The van der Waals surface area contributed by atoms with Crippen LogP contribution in [0.2, 0.25) is 0 Å². The zero-order valence-electron chi connectivity index (χ0n) is 9.77. The van der Waals surface area contributed by atoms with Crippen molar-refractivity contribution in [1.82, 2.24) is 5.32 Å². The number of aryl methyl sites for hydroxylation is 1. The predicted octanol–water partition coefficient (Wildman–Crippen LogP) is 3.03. The second kappa shape index (κ2) is 5.64. The second-order valence-corrected chi connectivity index (χ2v) is 5.19. The number of benzene rings is 1. The molecule has 0 atom stereocenters. The van der Waals surface area contributed by atoms with Gasteiger partial charge in [-0.05, 0) is 31.0 Å². The Morgan fingerprint density at radius 2 is 1.94 bits per heavy atom. The summed E-state index contributed by atoms with van der Waals surface area (Å²) < 4.78 is 0. The van der Waals surface area contributed by atoms with Crippen LogP contribution in [0.4, 0.5) is 0 Å². The molecule has 88 valence electrons. The maximum absolute atomic E-state index is 11.7. The fraction of sp³-hybridized carbons (Fsp3) is 0.214. The first-order valence-corrected chi connectivity index (χ1v) is 6.46. The zero-order valence-corrected chi connectivity index (χ0v) is 10.6. The van der Waals surface area contributed by atoms with Gasteiger partial charge in [0.1, 0.15) is 0 Å². The summed E-state index contributed by atoms with van der Waals surface area (Å²) in [7, 11) is 0. The Kier molecular flexibility index (Phi) is 3.94. The molecule has 1 N–H and O–H groups in total. The molecule has 0 spiro atoms. The maximum atomic E-state index is 11.7. The summed E-state index contributed by atoms with van der Waals surface area (Å²) in [5.74, 6) is 0.0269. The van der Waals surface area contributed by atoms with Crippen LogP contribution in [0.1, 0.15) is 20.1 Å². The SMILES string of the molecule is Cc1ccc(C(=O)NCCc2ccccc2)s1. The summed E-state index contributed by atoms with van der Waals surface area (Å²) in [6.45, 7) is 2.69. The van der Waals surface area contributed by atoms with Crippen molar-refractivity contribution in [2.75, 3.05) is 6.54 Å². The van der Waals surface area contributed by atoms with Crippen LogP contribution in [0.3, 0.4) is 0 Å². The molecule has 0 saturated carbocycles. The van der Waals surface area contributed by atoms with E-state index < -0.39 is 0 Å². The van der Waals surface area contributed by atoms with Gasteiger partial charge in [0.25, 0.3) is 5.91 Å². The third-order valence-electron chi connectivity index (χ3n) is 2.51. The Hall–Kier alpha value is -1.61. The summed E-state index contributed by atoms with van der Waals surface area (Å²) >= 11 is 1.53. The highest BCUT2D eigenvalue weighted by molar-refractivity contribution is 7.13. The fourth-order valence-corrected chi connectivity index (χ4v) is 2.39. The van der Waals surface area contributed by atoms with Gasteiger partial charge in [-0.3, -0.25) is 4.79 Å². The van der Waals surface area contributed by atoms with Gasteiger partial charge in [0, 0.05) is 11.4 Å². The molecule has 1 amide bonds. The van der Waals surface area contributed by atoms with Crippen LogP contribution in [0.5, 0.6) is 0 Å². The van der Waals surface area contributed by atoms with E-state index in [1.807, 2.05) is 37.3 Å². The van der Waals surface area contributed by atoms with Gasteiger partial charge in [0.05, 0.1) is 4.88 Å². The Morgan fingerprint density at radius 1 is 1.18 bits per heavy atom. The van der Waals surface area contributed by atoms with Gasteiger partial charge < -0.3 is 5.32 Å². The first kappa shape index (κ1) is 11.9. The monoisotopic (exact) mass is 245 g/mol. The van der Waals surface area contributed by atoms with Crippen molar-refractivity contribution >= 4 is 17.2 Å². The number of hydrogen-bond acceptors (Lipinski definition) is 2. The molecule has 0 aliphatic heterocycles. The number of hydrogen-bond donors (Lipinski definition) is 1. The molecule has 0 bridgehead atoms. The molecule has 0 aliphatic rings. The van der Waals surface area contributed by atoms with Crippen molar-refractivity contribution in [3.63, 3.8) is 0 Å². The number of amides is 1. The summed E-state index contributed by atoms with van der Waals surface area (Å²) in [6.07, 6.45) is 0.872. The molecule has 17 heavy (non-hydrogen) atoms. The third-order valence-corrected chi connectivity index (χ3v) is 3.51. The molecule has 0 unspecified atom stereocenters. The smallest absolute Gasteiger partial charge is 0.261 e. The van der Waals surface area contributed by atoms with E-state index in [2.05, 4.69) is 17.4 Å². The molecule has 1 aromatic carbocycles. The van der Waals surface area contributed by atoms with Crippen LogP contribution in [-0.4, -0.2) is 12.5 Å². The van der Waals surface area contributed by atoms with Gasteiger partial charge in [-0.2, -0.15) is 0 Å². The van der Waals surface area contributed by atoms with E-state index in [1.54, 1.807) is 0 Å². The minimum Gasteiger partial charge on any atom is -0.351 e. The molecule has 0 saturated heterocycles. The average Bonchev–Trinajstić information content (AvgIpc) is 2.77. The first-order valence-electron chi connectivity index (χ1n) is 5.64. The van der Waals surface area contributed by atoms with Crippen LogP contribution in [-0.2, 0) is 6.42 Å². The highest BCUT2D eigenvalue weighted by Crippen LogP contribution is 2.14. The van der Waals surface area contributed by atoms with Gasteiger partial charge in [-0.1, -0.05) is 30.3 Å². The molecular formula is C14H15NOS. The normalized spacial score (nSPS) is 10.2. The fourth-order valence-electron chi connectivity index (χ4n) is 1.61. The van der Waals surface area contributed by atoms with Crippen LogP contribution in [0.25, 0.3) is 0 Å².